The molecule has 0 atom stereocenters. The smallest absolute Gasteiger partial charge is 0.255 e. The second-order valence-electron chi connectivity index (χ2n) is 7.16. The number of anilines is 1. The summed E-state index contributed by atoms with van der Waals surface area (Å²) in [6.45, 7) is 3.32. The van der Waals surface area contributed by atoms with E-state index in [1.807, 2.05) is 12.1 Å². The fourth-order valence-corrected chi connectivity index (χ4v) is 4.24. The van der Waals surface area contributed by atoms with Gasteiger partial charge < -0.3 is 14.8 Å². The van der Waals surface area contributed by atoms with E-state index in [9.17, 15) is 13.2 Å². The number of benzene rings is 2. The lowest BCUT2D eigenvalue weighted by Gasteiger charge is -2.33. The van der Waals surface area contributed by atoms with Crippen LogP contribution >= 0.6 is 0 Å². The summed E-state index contributed by atoms with van der Waals surface area (Å²) >= 11 is 0. The molecule has 1 saturated heterocycles. The van der Waals surface area contributed by atoms with E-state index in [2.05, 4.69) is 10.2 Å². The largest absolute Gasteiger partial charge is 0.454 e. The molecule has 0 spiro atoms. The van der Waals surface area contributed by atoms with Gasteiger partial charge in [-0.25, -0.2) is 8.42 Å². The molecule has 0 bridgehead atoms. The van der Waals surface area contributed by atoms with E-state index < -0.39 is 10.0 Å². The van der Waals surface area contributed by atoms with Crippen LogP contribution < -0.4 is 14.8 Å². The topological polar surface area (TPSA) is 88.2 Å². The summed E-state index contributed by atoms with van der Waals surface area (Å²) in [6.07, 6.45) is 1.25. The normalized spacial score (nSPS) is 17.3. The third-order valence-electron chi connectivity index (χ3n) is 5.05. The van der Waals surface area contributed by atoms with Crippen LogP contribution in [0.25, 0.3) is 0 Å². The van der Waals surface area contributed by atoms with E-state index in [-0.39, 0.29) is 12.7 Å². The second-order valence-corrected chi connectivity index (χ2v) is 9.14. The minimum Gasteiger partial charge on any atom is -0.454 e. The van der Waals surface area contributed by atoms with E-state index in [4.69, 9.17) is 9.47 Å². The number of carbonyl (C=O) groups is 1. The molecule has 29 heavy (non-hydrogen) atoms. The van der Waals surface area contributed by atoms with Crippen LogP contribution in [-0.4, -0.2) is 62.8 Å². The summed E-state index contributed by atoms with van der Waals surface area (Å²) in [5.41, 5.74) is 2.29. The SMILES string of the molecule is CS(=O)(=O)N1CCN(Cc2ccc(C(=O)Nc3ccc4c(c3)OCO4)cc2)CC1. The zero-order valence-electron chi connectivity index (χ0n) is 16.1. The molecule has 2 aliphatic rings. The Hall–Kier alpha value is -2.62. The minimum atomic E-state index is -3.12. The minimum absolute atomic E-state index is 0.192. The quantitative estimate of drug-likeness (QED) is 0.797. The molecule has 2 heterocycles. The lowest BCUT2D eigenvalue weighted by molar-refractivity contribution is 0.102. The number of ether oxygens (including phenoxy) is 2. The Bertz CT molecular complexity index is 999. The monoisotopic (exact) mass is 417 g/mol. The van der Waals surface area contributed by atoms with Gasteiger partial charge in [0, 0.05) is 50.0 Å². The van der Waals surface area contributed by atoms with Gasteiger partial charge >= 0.3 is 0 Å². The molecular formula is C20H23N3O5S. The van der Waals surface area contributed by atoms with Gasteiger partial charge in [-0.3, -0.25) is 9.69 Å². The third kappa shape index (κ3) is 4.69. The van der Waals surface area contributed by atoms with E-state index >= 15 is 0 Å². The van der Waals surface area contributed by atoms with Gasteiger partial charge in [0.1, 0.15) is 0 Å². The maximum atomic E-state index is 12.5. The van der Waals surface area contributed by atoms with E-state index in [1.165, 1.54) is 10.6 Å². The lowest BCUT2D eigenvalue weighted by Crippen LogP contribution is -2.47. The van der Waals surface area contributed by atoms with Gasteiger partial charge in [-0.2, -0.15) is 4.31 Å². The van der Waals surface area contributed by atoms with Gasteiger partial charge in [-0.1, -0.05) is 12.1 Å². The molecule has 1 amide bonds. The standard InChI is InChI=1S/C20H23N3O5S/c1-29(25,26)23-10-8-22(9-11-23)13-15-2-4-16(5-3-15)20(24)21-17-6-7-18-19(12-17)28-14-27-18/h2-7,12H,8-11,13-14H2,1H3,(H,21,24). The van der Waals surface area contributed by atoms with Crippen molar-refractivity contribution in [2.24, 2.45) is 0 Å². The van der Waals surface area contributed by atoms with Gasteiger partial charge in [-0.15, -0.1) is 0 Å². The van der Waals surface area contributed by atoms with Crippen molar-refractivity contribution in [3.05, 3.63) is 53.6 Å². The van der Waals surface area contributed by atoms with Crippen LogP contribution in [0.15, 0.2) is 42.5 Å². The van der Waals surface area contributed by atoms with Gasteiger partial charge in [0.25, 0.3) is 5.91 Å². The van der Waals surface area contributed by atoms with Crippen LogP contribution in [0.1, 0.15) is 15.9 Å². The Labute approximate surface area is 170 Å². The molecule has 154 valence electrons. The number of fused-ring (bicyclic) bond motifs is 1. The van der Waals surface area contributed by atoms with E-state index in [0.29, 0.717) is 48.9 Å². The molecule has 4 rings (SSSR count). The molecule has 8 nitrogen and oxygen atoms in total. The van der Waals surface area contributed by atoms with Crippen molar-refractivity contribution >= 4 is 21.6 Å². The van der Waals surface area contributed by atoms with Crippen molar-refractivity contribution in [2.75, 3.05) is 44.5 Å². The molecule has 0 aliphatic carbocycles. The highest BCUT2D eigenvalue weighted by atomic mass is 32.2. The van der Waals surface area contributed by atoms with Gasteiger partial charge in [0.15, 0.2) is 11.5 Å². The van der Waals surface area contributed by atoms with Crippen molar-refractivity contribution in [1.29, 1.82) is 0 Å². The first-order valence-corrected chi connectivity index (χ1v) is 11.2. The molecule has 0 aromatic heterocycles. The fraction of sp³-hybridized carbons (Fsp3) is 0.350. The summed E-state index contributed by atoms with van der Waals surface area (Å²) in [4.78, 5) is 14.7. The van der Waals surface area contributed by atoms with E-state index in [0.717, 1.165) is 12.1 Å². The Kier molecular flexibility index (Phi) is 5.44. The summed E-state index contributed by atoms with van der Waals surface area (Å²) in [5, 5.41) is 2.86. The second kappa shape index (κ2) is 8.02. The number of rotatable bonds is 5. The Balaban J connectivity index is 1.32. The Morgan fingerprint density at radius 3 is 2.38 bits per heavy atom. The van der Waals surface area contributed by atoms with E-state index in [1.54, 1.807) is 30.3 Å². The number of sulfonamides is 1. The van der Waals surface area contributed by atoms with Gasteiger partial charge in [0.2, 0.25) is 16.8 Å². The molecule has 9 heteroatoms. The molecule has 0 radical (unpaired) electrons. The molecule has 0 saturated carbocycles. The first kappa shape index (κ1) is 19.7. The number of piperazine rings is 1. The van der Waals surface area contributed by atoms with Crippen LogP contribution in [0.4, 0.5) is 5.69 Å². The number of carbonyl (C=O) groups excluding carboxylic acids is 1. The number of nitrogens with one attached hydrogen (secondary N) is 1. The maximum Gasteiger partial charge on any atom is 0.255 e. The lowest BCUT2D eigenvalue weighted by atomic mass is 10.1. The number of amides is 1. The zero-order valence-corrected chi connectivity index (χ0v) is 16.9. The fourth-order valence-electron chi connectivity index (χ4n) is 3.42. The highest BCUT2D eigenvalue weighted by molar-refractivity contribution is 7.88. The average molecular weight is 417 g/mol. The maximum absolute atomic E-state index is 12.5. The summed E-state index contributed by atoms with van der Waals surface area (Å²) in [7, 11) is -3.12. The molecule has 2 aromatic carbocycles. The molecule has 1 N–H and O–H groups in total. The van der Waals surface area contributed by atoms with Crippen LogP contribution in [0, 0.1) is 0 Å². The van der Waals surface area contributed by atoms with Gasteiger partial charge in [-0.05, 0) is 29.8 Å². The zero-order chi connectivity index (χ0) is 20.4. The summed E-state index contributed by atoms with van der Waals surface area (Å²) < 4.78 is 35.3. The highest BCUT2D eigenvalue weighted by Gasteiger charge is 2.23. The first-order valence-electron chi connectivity index (χ1n) is 9.36. The van der Waals surface area contributed by atoms with Crippen LogP contribution in [-0.2, 0) is 16.6 Å². The summed E-state index contributed by atoms with van der Waals surface area (Å²) in [5.74, 6) is 1.09. The number of hydrogen-bond acceptors (Lipinski definition) is 6. The Morgan fingerprint density at radius 1 is 1.00 bits per heavy atom. The van der Waals surface area contributed by atoms with Crippen molar-refractivity contribution < 1.29 is 22.7 Å². The predicted octanol–water partition coefficient (Wildman–Crippen LogP) is 1.74. The Morgan fingerprint density at radius 2 is 1.69 bits per heavy atom. The number of hydrogen-bond donors (Lipinski definition) is 1. The van der Waals surface area contributed by atoms with Gasteiger partial charge in [0.05, 0.1) is 6.26 Å². The molecule has 2 aromatic rings. The average Bonchev–Trinajstić information content (AvgIpc) is 3.16. The first-order chi connectivity index (χ1) is 13.9. The van der Waals surface area contributed by atoms with Crippen molar-refractivity contribution in [2.45, 2.75) is 6.54 Å². The molecule has 1 fully saturated rings. The molecule has 0 unspecified atom stereocenters. The third-order valence-corrected chi connectivity index (χ3v) is 6.36. The molecule has 2 aliphatic heterocycles. The van der Waals surface area contributed by atoms with Crippen molar-refractivity contribution in [3.63, 3.8) is 0 Å². The highest BCUT2D eigenvalue weighted by Crippen LogP contribution is 2.34. The van der Waals surface area contributed by atoms with Crippen molar-refractivity contribution in [3.8, 4) is 11.5 Å². The van der Waals surface area contributed by atoms with Crippen LogP contribution in [0.5, 0.6) is 11.5 Å². The molecular weight excluding hydrogens is 394 g/mol. The van der Waals surface area contributed by atoms with Crippen LogP contribution in [0.2, 0.25) is 0 Å². The summed E-state index contributed by atoms with van der Waals surface area (Å²) in [6, 6.07) is 12.7. The van der Waals surface area contributed by atoms with Crippen LogP contribution in [0.3, 0.4) is 0 Å². The van der Waals surface area contributed by atoms with Crippen molar-refractivity contribution in [1.82, 2.24) is 9.21 Å². The predicted molar refractivity (Wildman–Crippen MR) is 109 cm³/mol. The number of nitrogens with zero attached hydrogens (tertiary/aromatic N) is 2.